The first-order chi connectivity index (χ1) is 13.7. The molecule has 5 heteroatoms. The van der Waals surface area contributed by atoms with Crippen LogP contribution in [0.15, 0.2) is 60.7 Å². The topological polar surface area (TPSA) is 56.4 Å². The predicted octanol–water partition coefficient (Wildman–Crippen LogP) is 3.47. The number of aromatic amines is 1. The number of fused-ring (bicyclic) bond motifs is 1. The Balaban J connectivity index is 1.45. The van der Waals surface area contributed by atoms with E-state index in [0.717, 1.165) is 17.3 Å². The van der Waals surface area contributed by atoms with Crippen LogP contribution in [-0.2, 0) is 11.2 Å². The molecule has 4 rings (SSSR count). The van der Waals surface area contributed by atoms with E-state index >= 15 is 0 Å². The maximum absolute atomic E-state index is 13.1. The zero-order chi connectivity index (χ0) is 19.5. The molecule has 1 aromatic heterocycles. The number of amides is 2. The molecular weight excluding hydrogens is 350 g/mol. The van der Waals surface area contributed by atoms with E-state index in [4.69, 9.17) is 0 Å². The van der Waals surface area contributed by atoms with Crippen molar-refractivity contribution in [1.82, 2.24) is 14.8 Å². The third-order valence-corrected chi connectivity index (χ3v) is 5.52. The van der Waals surface area contributed by atoms with Crippen LogP contribution in [0.2, 0.25) is 0 Å². The standard InChI is InChI=1S/C23H25N3O2/c1-2-26(22(27)20-16-18-10-6-7-11-19(18)24-20)21-13-15-25(23(21)28)14-12-17-8-4-3-5-9-17/h3-11,16,21,24H,2,12-15H2,1H3. The molecule has 1 unspecified atom stereocenters. The molecule has 3 aromatic rings. The lowest BCUT2D eigenvalue weighted by atomic mass is 10.1. The van der Waals surface area contributed by atoms with E-state index in [1.165, 1.54) is 5.56 Å². The van der Waals surface area contributed by atoms with Crippen LogP contribution in [0.5, 0.6) is 0 Å². The van der Waals surface area contributed by atoms with Crippen LogP contribution in [-0.4, -0.2) is 52.3 Å². The van der Waals surface area contributed by atoms with Crippen molar-refractivity contribution >= 4 is 22.7 Å². The summed E-state index contributed by atoms with van der Waals surface area (Å²) in [6, 6.07) is 19.5. The zero-order valence-electron chi connectivity index (χ0n) is 16.1. The summed E-state index contributed by atoms with van der Waals surface area (Å²) >= 11 is 0. The van der Waals surface area contributed by atoms with Gasteiger partial charge in [-0.25, -0.2) is 0 Å². The molecule has 1 fully saturated rings. The van der Waals surface area contributed by atoms with E-state index < -0.39 is 0 Å². The lowest BCUT2D eigenvalue weighted by Gasteiger charge is -2.26. The first-order valence-electron chi connectivity index (χ1n) is 9.89. The van der Waals surface area contributed by atoms with Gasteiger partial charge in [0.05, 0.1) is 0 Å². The molecule has 1 aliphatic rings. The van der Waals surface area contributed by atoms with Gasteiger partial charge in [0.2, 0.25) is 5.91 Å². The van der Waals surface area contributed by atoms with Crippen molar-refractivity contribution in [2.24, 2.45) is 0 Å². The lowest BCUT2D eigenvalue weighted by Crippen LogP contribution is -2.45. The third kappa shape index (κ3) is 3.52. The Morgan fingerprint density at radius 3 is 2.64 bits per heavy atom. The Labute approximate surface area is 165 Å². The minimum atomic E-state index is -0.375. The SMILES string of the molecule is CCN(C(=O)c1cc2ccccc2[nH]1)C1CCN(CCc2ccccc2)C1=O. The molecule has 2 aromatic carbocycles. The summed E-state index contributed by atoms with van der Waals surface area (Å²) in [5.74, 6) is -0.0517. The molecule has 1 saturated heterocycles. The van der Waals surface area contributed by atoms with Crippen molar-refractivity contribution in [3.63, 3.8) is 0 Å². The van der Waals surface area contributed by atoms with Crippen molar-refractivity contribution in [3.8, 4) is 0 Å². The summed E-state index contributed by atoms with van der Waals surface area (Å²) in [5.41, 5.74) is 2.70. The fraction of sp³-hybridized carbons (Fsp3) is 0.304. The molecule has 0 bridgehead atoms. The van der Waals surface area contributed by atoms with Gasteiger partial charge < -0.3 is 14.8 Å². The highest BCUT2D eigenvalue weighted by Gasteiger charge is 2.37. The summed E-state index contributed by atoms with van der Waals surface area (Å²) < 4.78 is 0. The second kappa shape index (κ2) is 7.89. The summed E-state index contributed by atoms with van der Waals surface area (Å²) in [5, 5.41) is 1.00. The monoisotopic (exact) mass is 375 g/mol. The molecule has 1 N–H and O–H groups in total. The Hall–Kier alpha value is -3.08. The van der Waals surface area contributed by atoms with E-state index in [9.17, 15) is 9.59 Å². The quantitative estimate of drug-likeness (QED) is 0.717. The number of H-pyrrole nitrogens is 1. The molecule has 0 saturated carbocycles. The van der Waals surface area contributed by atoms with Crippen LogP contribution < -0.4 is 0 Å². The van der Waals surface area contributed by atoms with Crippen LogP contribution in [0.4, 0.5) is 0 Å². The fourth-order valence-electron chi connectivity index (χ4n) is 3.99. The van der Waals surface area contributed by atoms with Crippen LogP contribution >= 0.6 is 0 Å². The van der Waals surface area contributed by atoms with Gasteiger partial charge in [0.1, 0.15) is 11.7 Å². The number of carbonyl (C=O) groups is 2. The first kappa shape index (κ1) is 18.3. The number of nitrogens with zero attached hydrogens (tertiary/aromatic N) is 2. The van der Waals surface area contributed by atoms with Crippen LogP contribution in [0.25, 0.3) is 10.9 Å². The Kier molecular flexibility index (Phi) is 5.15. The second-order valence-electron chi connectivity index (χ2n) is 7.23. The average molecular weight is 375 g/mol. The second-order valence-corrected chi connectivity index (χ2v) is 7.23. The summed E-state index contributed by atoms with van der Waals surface area (Å²) in [4.78, 5) is 32.8. The molecule has 0 spiro atoms. The number of aromatic nitrogens is 1. The highest BCUT2D eigenvalue weighted by atomic mass is 16.2. The number of hydrogen-bond acceptors (Lipinski definition) is 2. The van der Waals surface area contributed by atoms with Crippen LogP contribution in [0.3, 0.4) is 0 Å². The number of likely N-dealkylation sites (tertiary alicyclic amines) is 1. The molecule has 0 radical (unpaired) electrons. The molecule has 2 amide bonds. The van der Waals surface area contributed by atoms with Gasteiger partial charge in [-0.05, 0) is 37.5 Å². The molecule has 0 aliphatic carbocycles. The van der Waals surface area contributed by atoms with Gasteiger partial charge in [0.15, 0.2) is 0 Å². The molecule has 28 heavy (non-hydrogen) atoms. The highest BCUT2D eigenvalue weighted by molar-refractivity contribution is 6.00. The molecule has 1 aliphatic heterocycles. The van der Waals surface area contributed by atoms with E-state index in [1.54, 1.807) is 4.90 Å². The number of benzene rings is 2. The average Bonchev–Trinajstić information content (AvgIpc) is 3.32. The highest BCUT2D eigenvalue weighted by Crippen LogP contribution is 2.22. The minimum Gasteiger partial charge on any atom is -0.351 e. The summed E-state index contributed by atoms with van der Waals surface area (Å²) in [6.45, 7) is 3.84. The third-order valence-electron chi connectivity index (χ3n) is 5.52. The molecule has 2 heterocycles. The predicted molar refractivity (Wildman–Crippen MR) is 110 cm³/mol. The largest absolute Gasteiger partial charge is 0.351 e. The Morgan fingerprint density at radius 1 is 1.14 bits per heavy atom. The first-order valence-corrected chi connectivity index (χ1v) is 9.89. The van der Waals surface area contributed by atoms with Gasteiger partial charge in [0, 0.05) is 30.5 Å². The normalized spacial score (nSPS) is 16.7. The van der Waals surface area contributed by atoms with E-state index in [-0.39, 0.29) is 17.9 Å². The number of rotatable bonds is 6. The van der Waals surface area contributed by atoms with Gasteiger partial charge in [-0.3, -0.25) is 9.59 Å². The van der Waals surface area contributed by atoms with Crippen molar-refractivity contribution < 1.29 is 9.59 Å². The van der Waals surface area contributed by atoms with Crippen molar-refractivity contribution in [1.29, 1.82) is 0 Å². The van der Waals surface area contributed by atoms with Gasteiger partial charge in [0.25, 0.3) is 5.91 Å². The van der Waals surface area contributed by atoms with E-state index in [1.807, 2.05) is 60.4 Å². The number of para-hydroxylation sites is 1. The smallest absolute Gasteiger partial charge is 0.270 e. The van der Waals surface area contributed by atoms with Gasteiger partial charge in [-0.1, -0.05) is 48.5 Å². The number of likely N-dealkylation sites (N-methyl/N-ethyl adjacent to an activating group) is 1. The molecule has 144 valence electrons. The van der Waals surface area contributed by atoms with Gasteiger partial charge in [-0.15, -0.1) is 0 Å². The summed E-state index contributed by atoms with van der Waals surface area (Å²) in [7, 11) is 0. The molecular formula is C23H25N3O2. The maximum Gasteiger partial charge on any atom is 0.270 e. The summed E-state index contributed by atoms with van der Waals surface area (Å²) in [6.07, 6.45) is 1.52. The number of nitrogens with one attached hydrogen (secondary N) is 1. The van der Waals surface area contributed by atoms with Gasteiger partial charge >= 0.3 is 0 Å². The number of carbonyl (C=O) groups excluding carboxylic acids is 2. The van der Waals surface area contributed by atoms with E-state index in [2.05, 4.69) is 17.1 Å². The molecule has 1 atom stereocenters. The number of hydrogen-bond donors (Lipinski definition) is 1. The van der Waals surface area contributed by atoms with Crippen LogP contribution in [0.1, 0.15) is 29.4 Å². The van der Waals surface area contributed by atoms with Crippen molar-refractivity contribution in [3.05, 3.63) is 71.9 Å². The van der Waals surface area contributed by atoms with Crippen molar-refractivity contribution in [2.75, 3.05) is 19.6 Å². The Bertz CT molecular complexity index is 947. The van der Waals surface area contributed by atoms with Crippen molar-refractivity contribution in [2.45, 2.75) is 25.8 Å². The van der Waals surface area contributed by atoms with Gasteiger partial charge in [-0.2, -0.15) is 0 Å². The molecule has 5 nitrogen and oxygen atoms in total. The fourth-order valence-corrected chi connectivity index (χ4v) is 3.99. The minimum absolute atomic E-state index is 0.0576. The maximum atomic E-state index is 13.1. The van der Waals surface area contributed by atoms with Crippen LogP contribution in [0, 0.1) is 0 Å². The Morgan fingerprint density at radius 2 is 1.89 bits per heavy atom. The zero-order valence-corrected chi connectivity index (χ0v) is 16.1. The lowest BCUT2D eigenvalue weighted by molar-refractivity contribution is -0.131. The van der Waals surface area contributed by atoms with E-state index in [0.29, 0.717) is 31.7 Å².